The van der Waals surface area contributed by atoms with Crippen LogP contribution in [-0.4, -0.2) is 98.8 Å². The number of carbonyl (C=O) groups is 2. The Labute approximate surface area is 328 Å². The van der Waals surface area contributed by atoms with Gasteiger partial charge in [0.05, 0.1) is 62.0 Å². The highest BCUT2D eigenvalue weighted by molar-refractivity contribution is 6.04. The molecule has 0 radical (unpaired) electrons. The molecule has 4 aliphatic heterocycles. The molecule has 2 amide bonds. The molecule has 2 saturated heterocycles. The predicted molar refractivity (Wildman–Crippen MR) is 219 cm³/mol. The van der Waals surface area contributed by atoms with Crippen LogP contribution >= 0.6 is 0 Å². The van der Waals surface area contributed by atoms with Gasteiger partial charge in [0.15, 0.2) is 23.0 Å². The molecule has 0 aliphatic carbocycles. The van der Waals surface area contributed by atoms with Crippen molar-refractivity contribution < 1.29 is 33.6 Å². The smallest absolute Gasteiger partial charge is 0.257 e. The molecule has 0 bridgehead atoms. The largest absolute Gasteiger partial charge is 0.493 e. The minimum atomic E-state index is -0.864. The monoisotopic (exact) mass is 756 g/mol. The Morgan fingerprint density at radius 2 is 1.36 bits per heavy atom. The summed E-state index contributed by atoms with van der Waals surface area (Å²) < 4.78 is 24.0. The Morgan fingerprint density at radius 1 is 0.800 bits per heavy atom. The number of rotatable bonds is 12. The lowest BCUT2D eigenvalue weighted by atomic mass is 9.78. The molecule has 0 aromatic heterocycles. The van der Waals surface area contributed by atoms with E-state index in [0.717, 1.165) is 36.8 Å². The first-order chi connectivity index (χ1) is 26.1. The highest BCUT2D eigenvalue weighted by Gasteiger charge is 2.43. The van der Waals surface area contributed by atoms with Gasteiger partial charge in [-0.2, -0.15) is 0 Å². The normalized spacial score (nSPS) is 20.1. The lowest BCUT2D eigenvalue weighted by Gasteiger charge is -2.31. The average molecular weight is 757 g/mol. The van der Waals surface area contributed by atoms with E-state index in [4.69, 9.17) is 18.9 Å². The van der Waals surface area contributed by atoms with Crippen molar-refractivity contribution >= 4 is 29.4 Å². The Bertz CT molecular complexity index is 1810. The van der Waals surface area contributed by atoms with E-state index in [1.54, 1.807) is 49.3 Å². The summed E-state index contributed by atoms with van der Waals surface area (Å²) in [6.07, 6.45) is 12.9. The number of aliphatic hydroxyl groups is 1. The van der Waals surface area contributed by atoms with Crippen LogP contribution in [0.15, 0.2) is 53.6 Å². The van der Waals surface area contributed by atoms with E-state index in [2.05, 4.69) is 58.7 Å². The fourth-order valence-corrected chi connectivity index (χ4v) is 7.35. The van der Waals surface area contributed by atoms with Crippen molar-refractivity contribution in [2.24, 2.45) is 15.8 Å². The first-order valence-corrected chi connectivity index (χ1v) is 19.0. The number of anilines is 1. The number of nitrogens with zero attached hydrogens (tertiary/aromatic N) is 4. The van der Waals surface area contributed by atoms with Crippen molar-refractivity contribution in [3.8, 4) is 35.8 Å². The van der Waals surface area contributed by atoms with Crippen LogP contribution in [0.4, 0.5) is 11.4 Å². The van der Waals surface area contributed by atoms with E-state index in [1.807, 2.05) is 31.0 Å². The molecule has 0 saturated carbocycles. The third-order valence-corrected chi connectivity index (χ3v) is 10.8. The minimum Gasteiger partial charge on any atom is -0.493 e. The van der Waals surface area contributed by atoms with E-state index >= 15 is 0 Å². The molecule has 2 aromatic rings. The Hall–Kier alpha value is -4.95. The first kappa shape index (κ1) is 42.8. The molecule has 4 heterocycles. The van der Waals surface area contributed by atoms with Gasteiger partial charge in [-0.3, -0.25) is 14.6 Å². The highest BCUT2D eigenvalue weighted by Crippen LogP contribution is 2.43. The summed E-state index contributed by atoms with van der Waals surface area (Å²) in [5.74, 6) is 1.86. The van der Waals surface area contributed by atoms with Gasteiger partial charge in [-0.15, -0.1) is 12.8 Å². The number of carbonyl (C=O) groups excluding carboxylic acids is 2. The molecule has 2 fully saturated rings. The molecule has 1 unspecified atom stereocenters. The van der Waals surface area contributed by atoms with Crippen molar-refractivity contribution in [3.63, 3.8) is 0 Å². The summed E-state index contributed by atoms with van der Waals surface area (Å²) in [7, 11) is 4.94. The summed E-state index contributed by atoms with van der Waals surface area (Å²) in [6, 6.07) is 6.64. The van der Waals surface area contributed by atoms with Crippen molar-refractivity contribution in [2.75, 3.05) is 52.5 Å². The standard InChI is InChI=1S/C40H52N4O7.C2H6.C2H2/c1-24-14-26-20-41-29-18-34(32(48-8)16-27(29)36(45)43(26)21-24)51-23-40(5,6)11-10-39(3,4)12-13-50-35-19-30-28(17-33(35)49-9)37(46)44-22-25(2)15-31(44)38(47)42(30)7;2*1-2/h16-20,26,31,38,47H,1-2,10-15,21-23H2,3-9H3;1-2H3;1-2H/t26?,31-,38-;;/m0../s1. The molecule has 4 aliphatic rings. The number of hydrogen-bond acceptors (Lipinski definition) is 9. The zero-order chi connectivity index (χ0) is 40.8. The second kappa shape index (κ2) is 17.7. The summed E-state index contributed by atoms with van der Waals surface area (Å²) in [6.45, 7) is 22.8. The van der Waals surface area contributed by atoms with Gasteiger partial charge in [0.25, 0.3) is 11.8 Å². The van der Waals surface area contributed by atoms with Gasteiger partial charge in [0.2, 0.25) is 0 Å². The van der Waals surface area contributed by atoms with Gasteiger partial charge in [0, 0.05) is 38.5 Å². The molecule has 2 aromatic carbocycles. The van der Waals surface area contributed by atoms with Gasteiger partial charge in [-0.05, 0) is 55.1 Å². The summed E-state index contributed by atoms with van der Waals surface area (Å²) >= 11 is 0. The zero-order valence-corrected chi connectivity index (χ0v) is 34.2. The van der Waals surface area contributed by atoms with Crippen LogP contribution in [0.5, 0.6) is 23.0 Å². The number of hydrogen-bond donors (Lipinski definition) is 1. The van der Waals surface area contributed by atoms with E-state index in [9.17, 15) is 14.7 Å². The van der Waals surface area contributed by atoms with Gasteiger partial charge in [-0.1, -0.05) is 65.8 Å². The number of aliphatic hydroxyl groups excluding tert-OH is 1. The number of likely N-dealkylation sites (N-methyl/N-ethyl adjacent to an activating group) is 1. The first-order valence-electron chi connectivity index (χ1n) is 19.0. The maximum atomic E-state index is 13.5. The third-order valence-electron chi connectivity index (χ3n) is 10.8. The number of methoxy groups -OCH3 is 2. The van der Waals surface area contributed by atoms with Crippen LogP contribution in [0, 0.1) is 23.7 Å². The van der Waals surface area contributed by atoms with Crippen LogP contribution in [0.1, 0.15) is 94.4 Å². The predicted octanol–water partition coefficient (Wildman–Crippen LogP) is 7.69. The molecule has 6 rings (SSSR count). The summed E-state index contributed by atoms with van der Waals surface area (Å²) in [4.78, 5) is 36.8. The Morgan fingerprint density at radius 3 is 2.02 bits per heavy atom. The molecule has 3 atom stereocenters. The fourth-order valence-electron chi connectivity index (χ4n) is 7.35. The second-order valence-electron chi connectivity index (χ2n) is 16.0. The lowest BCUT2D eigenvalue weighted by molar-refractivity contribution is 0.0527. The maximum Gasteiger partial charge on any atom is 0.257 e. The van der Waals surface area contributed by atoms with E-state index in [0.29, 0.717) is 78.2 Å². The van der Waals surface area contributed by atoms with Crippen LogP contribution in [-0.2, 0) is 0 Å². The molecule has 11 heteroatoms. The van der Waals surface area contributed by atoms with Crippen LogP contribution < -0.4 is 23.8 Å². The SMILES string of the molecule is C#C.C=C1CC2C=Nc3cc(OCC(C)(C)CCC(C)(C)CCOc4cc5c(cc4OC)C(=O)N4CC(=C)C[C@H]4[C@H](O)N5C)c(OC)cc3C(=O)N2C1.CC. The van der Waals surface area contributed by atoms with Gasteiger partial charge in [-0.25, -0.2) is 0 Å². The molecule has 55 heavy (non-hydrogen) atoms. The van der Waals surface area contributed by atoms with E-state index < -0.39 is 6.23 Å². The number of ether oxygens (including phenoxy) is 4. The summed E-state index contributed by atoms with van der Waals surface area (Å²) in [5, 5.41) is 11.1. The van der Waals surface area contributed by atoms with Gasteiger partial charge >= 0.3 is 0 Å². The number of aliphatic imine (C=N–C) groups is 1. The minimum absolute atomic E-state index is 0.0399. The van der Waals surface area contributed by atoms with E-state index in [-0.39, 0.29) is 34.7 Å². The maximum absolute atomic E-state index is 13.5. The van der Waals surface area contributed by atoms with Gasteiger partial charge in [0.1, 0.15) is 6.23 Å². The lowest BCUT2D eigenvalue weighted by Crippen LogP contribution is -2.47. The number of terminal acetylenes is 1. The molecule has 11 nitrogen and oxygen atoms in total. The van der Waals surface area contributed by atoms with Gasteiger partial charge < -0.3 is 38.8 Å². The molecular formula is C44H60N4O7. The second-order valence-corrected chi connectivity index (χ2v) is 16.0. The van der Waals surface area contributed by atoms with Crippen molar-refractivity contribution in [1.29, 1.82) is 0 Å². The van der Waals surface area contributed by atoms with Crippen molar-refractivity contribution in [3.05, 3.63) is 59.7 Å². The molecule has 1 N–H and O–H groups in total. The average Bonchev–Trinajstić information content (AvgIpc) is 3.72. The zero-order valence-electron chi connectivity index (χ0n) is 34.2. The third kappa shape index (κ3) is 9.30. The highest BCUT2D eigenvalue weighted by atomic mass is 16.5. The summed E-state index contributed by atoms with van der Waals surface area (Å²) in [5.41, 5.74) is 3.94. The number of amides is 2. The van der Waals surface area contributed by atoms with Crippen molar-refractivity contribution in [1.82, 2.24) is 9.80 Å². The quantitative estimate of drug-likeness (QED) is 0.173. The topological polar surface area (TPSA) is 113 Å². The van der Waals surface area contributed by atoms with Crippen LogP contribution in [0.3, 0.4) is 0 Å². The van der Waals surface area contributed by atoms with E-state index in [1.165, 1.54) is 0 Å². The molecule has 0 spiro atoms. The van der Waals surface area contributed by atoms with Crippen LogP contribution in [0.25, 0.3) is 0 Å². The number of benzene rings is 2. The molecule has 298 valence electrons. The molecular weight excluding hydrogens is 697 g/mol. The number of fused-ring (bicyclic) bond motifs is 4. The van der Waals surface area contributed by atoms with Crippen LogP contribution in [0.2, 0.25) is 0 Å². The van der Waals surface area contributed by atoms with Crippen molar-refractivity contribution in [2.45, 2.75) is 92.0 Å². The Kier molecular flexibility index (Phi) is 13.7. The Balaban J connectivity index is 0.00000163. The fraction of sp³-hybridized carbons (Fsp3) is 0.523.